The number of carbonyl (C=O) groups excluding carboxylic acids is 16. The molecule has 3 heterocycles. The van der Waals surface area contributed by atoms with Gasteiger partial charge in [-0.25, -0.2) is 28.6 Å². The molecule has 0 radical (unpaired) electrons. The molecule has 1 aromatic carbocycles. The number of imidazole rings is 1. The molecule has 0 bridgehead atoms. The number of nitrogen functional groups attached to an aromatic ring is 1. The van der Waals surface area contributed by atoms with Crippen molar-refractivity contribution in [2.45, 2.75) is 283 Å². The summed E-state index contributed by atoms with van der Waals surface area (Å²) in [5, 5.41) is 109. The van der Waals surface area contributed by atoms with Crippen LogP contribution in [0.5, 0.6) is 0 Å². The standard InChI is InChI=1S/C87H145N22O36P3S/c1-41(2)29-51(98-76(124)53(32-49-21-17-16-18-22-49)100-73(121)50(23-19-20-25-88)97-77(125)54(33-61(115)116)101-75(123)52(30-42(3)4)99-78(126)56(34-110)103-71(119)46(11)89)74(122)96-47(12)72(120)104-57(35-111)79(127)106-62(44(7)8)82(130)105-58(36-112)80(128)108-64(48(13)113)83(131)107-63(45(9)10)81(129)102-55(31-43(5)6)86(133)149-28-27-91-60(114)24-26-92-84(132)68(118)87(14,15)38-142-148(139,140)145-147(137,138)141-37-59-67(144-146(134,135)136)66(117)85(143-59)109-40-95-65-69(90)93-39-94-70(65)109/h16-18,21-22,39-48,50-59,62-64,66-68,85,110-113,117-118H,19-20,23-38,88-89H2,1-15H3,(H,91,114)(H,92,132)(H,96,122)(H,97,125)(H,98,124)(H,99,126)(H,100,121)(H,101,123)(H,102,129)(H,103,119)(H,104,120)(H,105,130)(H,106,127)(H,107,131)(H,108,128)(H,115,116)(H,137,138)(H,139,140)(H2,90,93,94)(H2,134,135,136)/t46-,47-,48+,50-,51-,52-,53-,54-,55-,56-,57-,58-,59?,62-,63-,64-,66?,67?,68?,85?/m0/s1. The summed E-state index contributed by atoms with van der Waals surface area (Å²) in [6.45, 7) is 16.2. The number of carboxylic acids is 1. The van der Waals surface area contributed by atoms with Crippen LogP contribution in [-0.2, 0) is 124 Å². The molecular formula is C87H145N22O36P3S. The number of nitrogens with one attached hydrogen (secondary N) is 15. The summed E-state index contributed by atoms with van der Waals surface area (Å²) in [7, 11) is -16.8. The van der Waals surface area contributed by atoms with Gasteiger partial charge in [-0.15, -0.1) is 0 Å². The van der Waals surface area contributed by atoms with Crippen molar-refractivity contribution in [2.75, 3.05) is 64.2 Å². The third-order valence-corrected chi connectivity index (χ3v) is 26.5. The number of aliphatic carboxylic acids is 1. The van der Waals surface area contributed by atoms with E-state index in [1.807, 2.05) is 0 Å². The zero-order valence-electron chi connectivity index (χ0n) is 85.1. The van der Waals surface area contributed by atoms with E-state index in [1.54, 1.807) is 71.9 Å². The van der Waals surface area contributed by atoms with Gasteiger partial charge in [0.1, 0.15) is 109 Å². The highest BCUT2D eigenvalue weighted by atomic mass is 32.2. The van der Waals surface area contributed by atoms with E-state index in [9.17, 15) is 151 Å². The van der Waals surface area contributed by atoms with Gasteiger partial charge in [-0.1, -0.05) is 125 Å². The Morgan fingerprint density at radius 2 is 0.973 bits per heavy atom. The maximum absolute atomic E-state index is 14.7. The molecule has 0 spiro atoms. The highest BCUT2D eigenvalue weighted by Gasteiger charge is 2.52. The SMILES string of the molecule is CC(C)C[C@H](NC(=O)[C@H](Cc1ccccc1)NC(=O)[C@H](CCCCN)NC(=O)[C@H](CC(=O)O)NC(=O)[C@H](CC(C)C)NC(=O)[C@H](CO)NC(=O)[C@H](C)N)C(=O)N[C@@H](C)C(=O)N[C@@H](CO)C(=O)N[C@H](C(=O)N[C@@H](CO)C(=O)N[C@H](C(=O)N[C@H](C(=O)N[C@@H](CC(C)C)C(=O)SCCNC(=O)CCNC(=O)C(O)C(C)(C)COP(=O)(O)OP(=O)(O)OCC1OC(n2cnc3c(N)ncnc32)C(O)C1OP(=O)(O)O)C(C)C)[C@@H](C)O)C(C)C. The lowest BCUT2D eigenvalue weighted by molar-refractivity contribution is -0.142. The summed E-state index contributed by atoms with van der Waals surface area (Å²) in [6.07, 6.45) is -10.6. The number of rotatable bonds is 66. The number of hydrogen-bond donors (Lipinski definition) is 29. The number of anilines is 1. The maximum Gasteiger partial charge on any atom is 0.481 e. The van der Waals surface area contributed by atoms with Gasteiger partial charge >= 0.3 is 29.4 Å². The number of hydrogen-bond acceptors (Lipinski definition) is 38. The summed E-state index contributed by atoms with van der Waals surface area (Å²) in [5.74, 6) is -19.9. The number of phosphoric acid groups is 3. The number of carbonyl (C=O) groups is 17. The van der Waals surface area contributed by atoms with Gasteiger partial charge in [0.15, 0.2) is 17.7 Å². The normalized spacial score (nSPS) is 18.4. The van der Waals surface area contributed by atoms with Crippen molar-refractivity contribution in [3.05, 3.63) is 48.5 Å². The number of unbranched alkanes of at least 4 members (excludes halogenated alkanes) is 1. The van der Waals surface area contributed by atoms with Crippen LogP contribution in [0.2, 0.25) is 0 Å². The van der Waals surface area contributed by atoms with Gasteiger partial charge in [0.2, 0.25) is 93.7 Å². The third-order valence-electron chi connectivity index (χ3n) is 22.4. The number of thioether (sulfide) groups is 1. The molecule has 32 N–H and O–H groups in total. The van der Waals surface area contributed by atoms with Gasteiger partial charge in [-0.2, -0.15) is 4.31 Å². The Hall–Kier alpha value is -10.9. The summed E-state index contributed by atoms with van der Waals surface area (Å²) in [4.78, 5) is 285. The summed E-state index contributed by atoms with van der Waals surface area (Å²) in [6, 6.07) is -14.1. The monoisotopic (exact) mass is 2200 g/mol. The van der Waals surface area contributed by atoms with E-state index in [0.717, 1.165) is 24.1 Å². The first-order valence-corrected chi connectivity index (χ1v) is 53.1. The van der Waals surface area contributed by atoms with Crippen LogP contribution in [0.25, 0.3) is 11.2 Å². The smallest absolute Gasteiger partial charge is 0.481 e. The number of aliphatic hydroxyl groups excluding tert-OH is 6. The van der Waals surface area contributed by atoms with Gasteiger partial charge in [0.25, 0.3) is 0 Å². The fourth-order valence-corrected chi connectivity index (χ4v) is 17.9. The van der Waals surface area contributed by atoms with Crippen molar-refractivity contribution in [2.24, 2.45) is 46.5 Å². The second-order valence-corrected chi connectivity index (χ2v) is 43.3. The number of benzene rings is 1. The number of amides is 15. The van der Waals surface area contributed by atoms with Gasteiger partial charge in [-0.3, -0.25) is 99.6 Å². The number of phosphoric ester groups is 3. The van der Waals surface area contributed by atoms with Gasteiger partial charge in [0.05, 0.1) is 64.0 Å². The van der Waals surface area contributed by atoms with E-state index in [4.69, 9.17) is 31.0 Å². The molecule has 58 nitrogen and oxygen atoms in total. The second kappa shape index (κ2) is 61.6. The molecule has 1 aliphatic rings. The molecular weight excluding hydrogens is 2050 g/mol. The quantitative estimate of drug-likeness (QED) is 0.0184. The van der Waals surface area contributed by atoms with Crippen LogP contribution in [0.15, 0.2) is 43.0 Å². The van der Waals surface area contributed by atoms with Crippen LogP contribution in [0.3, 0.4) is 0 Å². The highest BCUT2D eigenvalue weighted by molar-refractivity contribution is 8.13. The van der Waals surface area contributed by atoms with Gasteiger partial charge in [0, 0.05) is 37.1 Å². The molecule has 840 valence electrons. The lowest BCUT2D eigenvalue weighted by Crippen LogP contribution is -2.63. The number of aromatic nitrogens is 4. The zero-order valence-corrected chi connectivity index (χ0v) is 88.6. The van der Waals surface area contributed by atoms with Crippen molar-refractivity contribution >= 4 is 152 Å². The predicted octanol–water partition coefficient (Wildman–Crippen LogP) is -7.01. The molecule has 4 rings (SSSR count). The molecule has 149 heavy (non-hydrogen) atoms. The fourth-order valence-electron chi connectivity index (χ4n) is 14.4. The molecule has 2 aromatic heterocycles. The molecule has 3 aromatic rings. The lowest BCUT2D eigenvalue weighted by atomic mass is 9.87. The van der Waals surface area contributed by atoms with Crippen molar-refractivity contribution in [3.63, 3.8) is 0 Å². The van der Waals surface area contributed by atoms with E-state index >= 15 is 0 Å². The van der Waals surface area contributed by atoms with E-state index in [-0.39, 0.29) is 92.1 Å². The van der Waals surface area contributed by atoms with Crippen LogP contribution < -0.4 is 97.0 Å². The maximum atomic E-state index is 14.7. The summed E-state index contributed by atoms with van der Waals surface area (Å²) < 4.78 is 63.1. The molecule has 1 fully saturated rings. The molecule has 7 unspecified atom stereocenters. The first-order valence-electron chi connectivity index (χ1n) is 47.6. The molecule has 15 amide bonds. The minimum absolute atomic E-state index is 0.0283. The molecule has 0 saturated carbocycles. The largest absolute Gasteiger partial charge is 0.481 e. The zero-order chi connectivity index (χ0) is 113. The van der Waals surface area contributed by atoms with Gasteiger partial charge < -0.3 is 157 Å². The molecule has 1 saturated heterocycles. The lowest BCUT2D eigenvalue weighted by Gasteiger charge is -2.30. The van der Waals surface area contributed by atoms with Crippen LogP contribution in [0.4, 0.5) is 5.82 Å². The Morgan fingerprint density at radius 3 is 1.49 bits per heavy atom. The minimum Gasteiger partial charge on any atom is -0.481 e. The van der Waals surface area contributed by atoms with Crippen molar-refractivity contribution in [1.82, 2.24) is 99.3 Å². The Bertz CT molecular complexity index is 5180. The molecule has 22 atom stereocenters. The second-order valence-electron chi connectivity index (χ2n) is 38.0. The number of fused-ring (bicyclic) bond motifs is 1. The van der Waals surface area contributed by atoms with E-state index in [2.05, 4.69) is 104 Å². The number of carboxylic acid groups (broad SMARTS) is 1. The first kappa shape index (κ1) is 130. The Balaban J connectivity index is 1.34. The number of nitrogens with two attached hydrogens (primary N) is 3. The fraction of sp³-hybridized carbons (Fsp3) is 0.678. The summed E-state index contributed by atoms with van der Waals surface area (Å²) >= 11 is 0.706. The predicted molar refractivity (Wildman–Crippen MR) is 528 cm³/mol. The first-order chi connectivity index (χ1) is 69.4. The van der Waals surface area contributed by atoms with Crippen molar-refractivity contribution < 1.29 is 173 Å². The van der Waals surface area contributed by atoms with Gasteiger partial charge in [-0.05, 0) is 101 Å². The topological polar surface area (TPSA) is 912 Å². The third kappa shape index (κ3) is 44.2. The van der Waals surface area contributed by atoms with E-state index in [1.165, 1.54) is 55.4 Å². The average Bonchev–Trinajstić information content (AvgIpc) is 1.61. The molecule has 62 heteroatoms. The average molecular weight is 2200 g/mol. The highest BCUT2D eigenvalue weighted by Crippen LogP contribution is 2.61. The van der Waals surface area contributed by atoms with Crippen molar-refractivity contribution in [1.29, 1.82) is 0 Å². The Labute approximate surface area is 862 Å². The number of aliphatic hydroxyl groups is 6. The molecule has 0 aliphatic carbocycles. The van der Waals surface area contributed by atoms with E-state index in [0.29, 0.717) is 23.7 Å². The van der Waals surface area contributed by atoms with Crippen LogP contribution >= 0.6 is 35.2 Å². The Morgan fingerprint density at radius 1 is 0.523 bits per heavy atom. The number of nitrogens with zero attached hydrogens (tertiary/aromatic N) is 4. The van der Waals surface area contributed by atoms with Crippen LogP contribution in [0.1, 0.15) is 167 Å². The number of ether oxygens (including phenoxy) is 1. The van der Waals surface area contributed by atoms with Crippen LogP contribution in [0, 0.1) is 35.0 Å². The Kier molecular flexibility index (Phi) is 53.9. The van der Waals surface area contributed by atoms with Crippen LogP contribution in [-0.4, -0.2) is 348 Å². The van der Waals surface area contributed by atoms with E-state index < -0.39 is 314 Å². The molecule has 1 aliphatic heterocycles. The minimum atomic E-state index is -5.72. The summed E-state index contributed by atoms with van der Waals surface area (Å²) in [5.41, 5.74) is 15.9. The van der Waals surface area contributed by atoms with Crippen molar-refractivity contribution in [3.8, 4) is 0 Å².